The lowest BCUT2D eigenvalue weighted by molar-refractivity contribution is -0.185. The van der Waals surface area contributed by atoms with Gasteiger partial charge in [0, 0.05) is 31.6 Å². The van der Waals surface area contributed by atoms with Gasteiger partial charge in [-0.25, -0.2) is 4.79 Å². The summed E-state index contributed by atoms with van der Waals surface area (Å²) in [5.74, 6) is -1.16. The molecular formula is C17H18F3N3O3. The third kappa shape index (κ3) is 3.76. The number of hydrogen-bond donors (Lipinski definition) is 1. The summed E-state index contributed by atoms with van der Waals surface area (Å²) in [5, 5.41) is 3.58. The monoisotopic (exact) mass is 369 g/mol. The lowest BCUT2D eigenvalue weighted by Gasteiger charge is -2.23. The molecule has 1 N–H and O–H groups in total. The van der Waals surface area contributed by atoms with Gasteiger partial charge in [-0.2, -0.15) is 13.2 Å². The zero-order chi connectivity index (χ0) is 18.9. The highest BCUT2D eigenvalue weighted by Gasteiger charge is 2.42. The summed E-state index contributed by atoms with van der Waals surface area (Å²) in [5.41, 5.74) is 1.04. The Bertz CT molecular complexity index is 832. The summed E-state index contributed by atoms with van der Waals surface area (Å²) in [7, 11) is 0. The molecule has 1 fully saturated rings. The third-order valence-corrected chi connectivity index (χ3v) is 4.22. The summed E-state index contributed by atoms with van der Waals surface area (Å²) in [6.45, 7) is 1.90. The summed E-state index contributed by atoms with van der Waals surface area (Å²) in [6.07, 6.45) is -4.62. The van der Waals surface area contributed by atoms with E-state index >= 15 is 0 Å². The van der Waals surface area contributed by atoms with E-state index in [1.54, 1.807) is 19.1 Å². The SMILES string of the molecule is Cc1cc2cccc(NC(=O)N3CCCN(C(=O)C(F)(F)F)CC3)c2o1. The molecule has 3 amide bonds. The number of nitrogens with one attached hydrogen (secondary N) is 1. The van der Waals surface area contributed by atoms with E-state index in [-0.39, 0.29) is 32.6 Å². The van der Waals surface area contributed by atoms with Crippen LogP contribution in [-0.4, -0.2) is 54.1 Å². The first-order valence-electron chi connectivity index (χ1n) is 8.17. The van der Waals surface area contributed by atoms with Gasteiger partial charge in [0.15, 0.2) is 5.58 Å². The van der Waals surface area contributed by atoms with Crippen LogP contribution in [0.5, 0.6) is 0 Å². The van der Waals surface area contributed by atoms with Crippen molar-refractivity contribution in [2.24, 2.45) is 0 Å². The fourth-order valence-corrected chi connectivity index (χ4v) is 2.99. The van der Waals surface area contributed by atoms with Crippen LogP contribution in [0.2, 0.25) is 0 Å². The summed E-state index contributed by atoms with van der Waals surface area (Å²) < 4.78 is 43.3. The molecule has 0 unspecified atom stereocenters. The van der Waals surface area contributed by atoms with E-state index in [0.29, 0.717) is 17.0 Å². The van der Waals surface area contributed by atoms with Gasteiger partial charge in [0.1, 0.15) is 5.76 Å². The first-order valence-corrected chi connectivity index (χ1v) is 8.17. The topological polar surface area (TPSA) is 65.8 Å². The number of fused-ring (bicyclic) bond motifs is 1. The number of furan rings is 1. The van der Waals surface area contributed by atoms with Gasteiger partial charge < -0.3 is 19.5 Å². The second-order valence-electron chi connectivity index (χ2n) is 6.14. The normalized spacial score (nSPS) is 15.8. The molecule has 3 rings (SSSR count). The highest BCUT2D eigenvalue weighted by molar-refractivity contribution is 5.99. The number of amides is 3. The molecule has 0 saturated carbocycles. The minimum Gasteiger partial charge on any atom is -0.459 e. The van der Waals surface area contributed by atoms with Gasteiger partial charge in [0.2, 0.25) is 0 Å². The Hall–Kier alpha value is -2.71. The zero-order valence-electron chi connectivity index (χ0n) is 14.1. The number of halogens is 3. The third-order valence-electron chi connectivity index (χ3n) is 4.22. The van der Waals surface area contributed by atoms with Crippen LogP contribution < -0.4 is 5.32 Å². The molecule has 140 valence electrons. The van der Waals surface area contributed by atoms with E-state index in [4.69, 9.17) is 4.42 Å². The van der Waals surface area contributed by atoms with Crippen molar-refractivity contribution in [2.75, 3.05) is 31.5 Å². The molecule has 2 aromatic rings. The maximum Gasteiger partial charge on any atom is 0.471 e. The molecule has 1 aliphatic heterocycles. The number of para-hydroxylation sites is 1. The predicted octanol–water partition coefficient (Wildman–Crippen LogP) is 3.37. The number of urea groups is 1. The lowest BCUT2D eigenvalue weighted by Crippen LogP contribution is -2.44. The Kier molecular flexibility index (Phi) is 4.80. The molecule has 1 aliphatic rings. The van der Waals surface area contributed by atoms with Crippen molar-refractivity contribution < 1.29 is 27.2 Å². The van der Waals surface area contributed by atoms with E-state index in [1.165, 1.54) is 4.90 Å². The van der Waals surface area contributed by atoms with Crippen LogP contribution in [0.25, 0.3) is 11.0 Å². The van der Waals surface area contributed by atoms with Crippen LogP contribution >= 0.6 is 0 Å². The predicted molar refractivity (Wildman–Crippen MR) is 88.8 cm³/mol. The Morgan fingerprint density at radius 2 is 1.81 bits per heavy atom. The lowest BCUT2D eigenvalue weighted by atomic mass is 10.2. The maximum absolute atomic E-state index is 12.6. The molecule has 2 heterocycles. The van der Waals surface area contributed by atoms with Crippen molar-refractivity contribution in [3.8, 4) is 0 Å². The van der Waals surface area contributed by atoms with Crippen molar-refractivity contribution >= 4 is 28.6 Å². The van der Waals surface area contributed by atoms with Gasteiger partial charge in [-0.1, -0.05) is 12.1 Å². The number of nitrogens with zero attached hydrogens (tertiary/aromatic N) is 2. The number of aryl methyl sites for hydroxylation is 1. The fraction of sp³-hybridized carbons (Fsp3) is 0.412. The Morgan fingerprint density at radius 1 is 1.12 bits per heavy atom. The number of alkyl halides is 3. The van der Waals surface area contributed by atoms with Crippen LogP contribution in [0.4, 0.5) is 23.7 Å². The van der Waals surface area contributed by atoms with Crippen LogP contribution in [0.15, 0.2) is 28.7 Å². The second-order valence-corrected chi connectivity index (χ2v) is 6.14. The van der Waals surface area contributed by atoms with Gasteiger partial charge >= 0.3 is 18.1 Å². The van der Waals surface area contributed by atoms with Gasteiger partial charge in [0.05, 0.1) is 5.69 Å². The number of rotatable bonds is 1. The quantitative estimate of drug-likeness (QED) is 0.838. The maximum atomic E-state index is 12.6. The number of carbonyl (C=O) groups is 2. The summed E-state index contributed by atoms with van der Waals surface area (Å²) in [4.78, 5) is 26.0. The molecule has 0 radical (unpaired) electrons. The molecule has 0 atom stereocenters. The van der Waals surface area contributed by atoms with E-state index in [9.17, 15) is 22.8 Å². The molecule has 6 nitrogen and oxygen atoms in total. The largest absolute Gasteiger partial charge is 0.471 e. The molecular weight excluding hydrogens is 351 g/mol. The van der Waals surface area contributed by atoms with Crippen LogP contribution in [-0.2, 0) is 4.79 Å². The Balaban J connectivity index is 1.68. The van der Waals surface area contributed by atoms with Crippen molar-refractivity contribution in [3.05, 3.63) is 30.0 Å². The first-order chi connectivity index (χ1) is 12.3. The molecule has 1 aromatic heterocycles. The molecule has 9 heteroatoms. The zero-order valence-corrected chi connectivity index (χ0v) is 14.1. The highest BCUT2D eigenvalue weighted by Crippen LogP contribution is 2.27. The highest BCUT2D eigenvalue weighted by atomic mass is 19.4. The van der Waals surface area contributed by atoms with E-state index in [1.807, 2.05) is 12.1 Å². The Labute approximate surface area is 147 Å². The van der Waals surface area contributed by atoms with Crippen LogP contribution in [0.1, 0.15) is 12.2 Å². The molecule has 1 aromatic carbocycles. The molecule has 26 heavy (non-hydrogen) atoms. The molecule has 0 bridgehead atoms. The van der Waals surface area contributed by atoms with Crippen LogP contribution in [0, 0.1) is 6.92 Å². The summed E-state index contributed by atoms with van der Waals surface area (Å²) in [6, 6.07) is 6.73. The van der Waals surface area contributed by atoms with Gasteiger partial charge in [0.25, 0.3) is 0 Å². The van der Waals surface area contributed by atoms with Crippen molar-refractivity contribution in [3.63, 3.8) is 0 Å². The van der Waals surface area contributed by atoms with E-state index < -0.39 is 18.1 Å². The number of anilines is 1. The minimum absolute atomic E-state index is 0.0286. The Morgan fingerprint density at radius 3 is 2.54 bits per heavy atom. The van der Waals surface area contributed by atoms with Crippen molar-refractivity contribution in [1.29, 1.82) is 0 Å². The average Bonchev–Trinajstić information content (AvgIpc) is 2.79. The van der Waals surface area contributed by atoms with Crippen molar-refractivity contribution in [2.45, 2.75) is 19.5 Å². The van der Waals surface area contributed by atoms with E-state index in [0.717, 1.165) is 10.3 Å². The van der Waals surface area contributed by atoms with Crippen molar-refractivity contribution in [1.82, 2.24) is 9.80 Å². The van der Waals surface area contributed by atoms with Gasteiger partial charge in [-0.15, -0.1) is 0 Å². The molecule has 1 saturated heterocycles. The fourth-order valence-electron chi connectivity index (χ4n) is 2.99. The first kappa shape index (κ1) is 18.1. The standard InChI is InChI=1S/C17H18F3N3O3/c1-11-10-12-4-2-5-13(14(12)26-11)21-16(25)23-7-3-6-22(8-9-23)15(24)17(18,19)20/h2,4-5,10H,3,6-9H2,1H3,(H,21,25). The number of carbonyl (C=O) groups excluding carboxylic acids is 2. The van der Waals surface area contributed by atoms with Crippen LogP contribution in [0.3, 0.4) is 0 Å². The molecule has 0 spiro atoms. The van der Waals surface area contributed by atoms with Gasteiger partial charge in [-0.3, -0.25) is 4.79 Å². The number of benzene rings is 1. The van der Waals surface area contributed by atoms with Gasteiger partial charge in [-0.05, 0) is 25.5 Å². The molecule has 0 aliphatic carbocycles. The average molecular weight is 369 g/mol. The number of hydrogen-bond acceptors (Lipinski definition) is 3. The summed E-state index contributed by atoms with van der Waals surface area (Å²) >= 11 is 0. The smallest absolute Gasteiger partial charge is 0.459 e. The van der Waals surface area contributed by atoms with E-state index in [2.05, 4.69) is 5.32 Å². The minimum atomic E-state index is -4.90. The second kappa shape index (κ2) is 6.89.